The molecule has 2 aromatic heterocycles. The molecule has 0 amide bonds. The van der Waals surface area contributed by atoms with Crippen LogP contribution in [0.1, 0.15) is 29.3 Å². The Kier molecular flexibility index (Phi) is 8.36. The van der Waals surface area contributed by atoms with Crippen LogP contribution >= 0.6 is 0 Å². The first kappa shape index (κ1) is 27.7. The lowest BCUT2D eigenvalue weighted by atomic mass is 9.97. The van der Waals surface area contributed by atoms with Gasteiger partial charge in [-0.1, -0.05) is 29.8 Å². The molecule has 2 aromatic carbocycles. The van der Waals surface area contributed by atoms with Gasteiger partial charge in [0, 0.05) is 37.5 Å². The fraction of sp³-hybridized carbons (Fsp3) is 0.250. The average molecular weight is 572 g/mol. The summed E-state index contributed by atoms with van der Waals surface area (Å²) in [5.41, 5.74) is 1.43. The van der Waals surface area contributed by atoms with Gasteiger partial charge < -0.3 is 10.1 Å². The molecule has 1 fully saturated rings. The Morgan fingerprint density at radius 2 is 1.90 bits per heavy atom. The number of piperidine rings is 1. The van der Waals surface area contributed by atoms with E-state index in [9.17, 15) is 17.4 Å². The third-order valence-corrected chi connectivity index (χ3v) is 7.34. The fourth-order valence-corrected chi connectivity index (χ4v) is 5.39. The van der Waals surface area contributed by atoms with Crippen LogP contribution in [0.25, 0.3) is 11.3 Å². The van der Waals surface area contributed by atoms with E-state index in [1.807, 2.05) is 13.0 Å². The number of rotatable bonds is 8. The van der Waals surface area contributed by atoms with Gasteiger partial charge in [-0.15, -0.1) is 0 Å². The average Bonchev–Trinajstić information content (AvgIpc) is 2.94. The Bertz CT molecular complexity index is 1560. The van der Waals surface area contributed by atoms with E-state index < -0.39 is 46.0 Å². The lowest BCUT2D eigenvalue weighted by Gasteiger charge is -2.24. The van der Waals surface area contributed by atoms with E-state index in [1.165, 1.54) is 12.4 Å². The molecular weight excluding hydrogens is 546 g/mol. The molecule has 5 rings (SSSR count). The van der Waals surface area contributed by atoms with Crippen molar-refractivity contribution in [3.05, 3.63) is 95.3 Å². The summed E-state index contributed by atoms with van der Waals surface area (Å²) in [7, 11) is -1.93. The summed E-state index contributed by atoms with van der Waals surface area (Å²) in [6, 6.07) is 12.6. The minimum absolute atomic E-state index is 0.0401. The minimum atomic E-state index is -1.93. The molecule has 0 aliphatic carbocycles. The molecule has 1 aliphatic heterocycles. The molecule has 0 spiro atoms. The van der Waals surface area contributed by atoms with E-state index in [4.69, 9.17) is 4.74 Å². The third kappa shape index (κ3) is 6.28. The Balaban J connectivity index is 1.38. The molecule has 1 aliphatic rings. The van der Waals surface area contributed by atoms with Crippen LogP contribution in [0.15, 0.2) is 60.9 Å². The van der Waals surface area contributed by atoms with Crippen LogP contribution in [0.3, 0.4) is 0 Å². The largest absolute Gasteiger partial charge is 0.435 e. The van der Waals surface area contributed by atoms with Gasteiger partial charge in [-0.25, -0.2) is 32.3 Å². The van der Waals surface area contributed by atoms with Crippen molar-refractivity contribution in [3.63, 3.8) is 0 Å². The molecule has 2 N–H and O–H groups in total. The first-order valence-corrected chi connectivity index (χ1v) is 13.8. The second-order valence-electron chi connectivity index (χ2n) is 9.39. The Morgan fingerprint density at radius 1 is 1.05 bits per heavy atom. The van der Waals surface area contributed by atoms with E-state index in [1.54, 1.807) is 36.4 Å². The molecule has 0 bridgehead atoms. The number of halogens is 4. The number of alkyl halides is 1. The second kappa shape index (κ2) is 12.1. The van der Waals surface area contributed by atoms with Crippen LogP contribution in [-0.4, -0.2) is 38.4 Å². The molecular formula is C28H25F4N5O2S. The number of pyridine rings is 1. The van der Waals surface area contributed by atoms with Gasteiger partial charge in [0.1, 0.15) is 28.7 Å². The first-order valence-electron chi connectivity index (χ1n) is 12.5. The molecule has 3 atom stereocenters. The smallest absolute Gasteiger partial charge is 0.228 e. The predicted molar refractivity (Wildman–Crippen MR) is 143 cm³/mol. The summed E-state index contributed by atoms with van der Waals surface area (Å²) in [5, 5.41) is 3.00. The summed E-state index contributed by atoms with van der Waals surface area (Å²) >= 11 is 0. The standard InChI is InChI=1S/C28H25F4N5O2S/c1-16-4-2-5-17(10-16)15-40(38)37-26-21(30)12-23(24(31)25(26)32)39-28-20(6-3-8-35-28)22-7-9-34-27(36-22)18-11-19(29)14-33-13-18/h2-10,12,18-19,33,37H,11,13-15H2,1H3. The molecule has 1 saturated heterocycles. The summed E-state index contributed by atoms with van der Waals surface area (Å²) in [4.78, 5) is 12.9. The fourth-order valence-electron chi connectivity index (χ4n) is 4.42. The van der Waals surface area contributed by atoms with Crippen molar-refractivity contribution < 1.29 is 26.5 Å². The van der Waals surface area contributed by atoms with Crippen molar-refractivity contribution in [3.8, 4) is 22.9 Å². The number of hydrogen-bond donors (Lipinski definition) is 2. The molecule has 12 heteroatoms. The van der Waals surface area contributed by atoms with Crippen LogP contribution in [0.4, 0.5) is 23.2 Å². The quantitative estimate of drug-likeness (QED) is 0.207. The topological polar surface area (TPSA) is 89.0 Å². The number of ether oxygens (including phenoxy) is 1. The van der Waals surface area contributed by atoms with Gasteiger partial charge in [-0.05, 0) is 37.1 Å². The Morgan fingerprint density at radius 3 is 2.70 bits per heavy atom. The summed E-state index contributed by atoms with van der Waals surface area (Å²) < 4.78 is 79.0. The zero-order valence-corrected chi connectivity index (χ0v) is 22.2. The lowest BCUT2D eigenvalue weighted by molar-refractivity contribution is 0.243. The highest BCUT2D eigenvalue weighted by atomic mass is 32.2. The maximum atomic E-state index is 15.0. The van der Waals surface area contributed by atoms with Crippen LogP contribution < -0.4 is 14.8 Å². The number of aromatic nitrogens is 3. The van der Waals surface area contributed by atoms with Gasteiger partial charge in [0.25, 0.3) is 0 Å². The van der Waals surface area contributed by atoms with Gasteiger partial charge in [-0.3, -0.25) is 4.72 Å². The molecule has 208 valence electrons. The van der Waals surface area contributed by atoms with Gasteiger partial charge in [0.05, 0.1) is 17.0 Å². The Hall–Kier alpha value is -3.90. The van der Waals surface area contributed by atoms with Gasteiger partial charge in [-0.2, -0.15) is 4.39 Å². The zero-order valence-electron chi connectivity index (χ0n) is 21.3. The lowest BCUT2D eigenvalue weighted by Crippen LogP contribution is -2.36. The van der Waals surface area contributed by atoms with Crippen molar-refractivity contribution in [2.45, 2.75) is 31.2 Å². The van der Waals surface area contributed by atoms with E-state index in [2.05, 4.69) is 25.0 Å². The van der Waals surface area contributed by atoms with Gasteiger partial charge in [0.2, 0.25) is 11.7 Å². The highest BCUT2D eigenvalue weighted by molar-refractivity contribution is 7.85. The maximum absolute atomic E-state index is 15.0. The van der Waals surface area contributed by atoms with Crippen molar-refractivity contribution in [1.29, 1.82) is 0 Å². The van der Waals surface area contributed by atoms with Crippen molar-refractivity contribution in [1.82, 2.24) is 20.3 Å². The minimum Gasteiger partial charge on any atom is -0.435 e. The van der Waals surface area contributed by atoms with Crippen LogP contribution in [-0.2, 0) is 16.7 Å². The molecule has 3 unspecified atom stereocenters. The maximum Gasteiger partial charge on any atom is 0.228 e. The highest BCUT2D eigenvalue weighted by Gasteiger charge is 2.26. The number of anilines is 1. The molecule has 0 radical (unpaired) electrons. The molecule has 0 saturated carbocycles. The Labute approximate surface area is 230 Å². The molecule has 7 nitrogen and oxygen atoms in total. The number of benzene rings is 2. The third-order valence-electron chi connectivity index (χ3n) is 6.31. The van der Waals surface area contributed by atoms with E-state index in [0.29, 0.717) is 35.3 Å². The van der Waals surface area contributed by atoms with E-state index in [0.717, 1.165) is 5.56 Å². The predicted octanol–water partition coefficient (Wildman–Crippen LogP) is 5.75. The molecule has 40 heavy (non-hydrogen) atoms. The summed E-state index contributed by atoms with van der Waals surface area (Å²) in [5.74, 6) is -5.05. The summed E-state index contributed by atoms with van der Waals surface area (Å²) in [6.07, 6.45) is 2.13. The number of aryl methyl sites for hydroxylation is 1. The second-order valence-corrected chi connectivity index (χ2v) is 10.6. The van der Waals surface area contributed by atoms with E-state index in [-0.39, 0.29) is 30.5 Å². The zero-order chi connectivity index (χ0) is 28.2. The SMILES string of the molecule is Cc1cccc(CS(=O)Nc2c(F)cc(Oc3ncccc3-c3ccnc(C4CNCC(F)C4)n3)c(F)c2F)c1. The van der Waals surface area contributed by atoms with Gasteiger partial charge >= 0.3 is 0 Å². The monoisotopic (exact) mass is 571 g/mol. The molecule has 4 aromatic rings. The van der Waals surface area contributed by atoms with Crippen LogP contribution in [0.5, 0.6) is 11.6 Å². The van der Waals surface area contributed by atoms with Crippen molar-refractivity contribution >= 4 is 16.7 Å². The van der Waals surface area contributed by atoms with E-state index >= 15 is 4.39 Å². The van der Waals surface area contributed by atoms with Crippen LogP contribution in [0.2, 0.25) is 0 Å². The van der Waals surface area contributed by atoms with Crippen molar-refractivity contribution in [2.24, 2.45) is 0 Å². The normalized spacial score (nSPS) is 17.8. The number of hydrogen-bond acceptors (Lipinski definition) is 6. The number of nitrogens with one attached hydrogen (secondary N) is 2. The molecule has 3 heterocycles. The first-order chi connectivity index (χ1) is 19.3. The summed E-state index contributed by atoms with van der Waals surface area (Å²) in [6.45, 7) is 2.64. The van der Waals surface area contributed by atoms with Gasteiger partial charge in [0.15, 0.2) is 17.4 Å². The van der Waals surface area contributed by atoms with Crippen molar-refractivity contribution in [2.75, 3.05) is 17.8 Å². The number of nitrogens with zero attached hydrogens (tertiary/aromatic N) is 3. The van der Waals surface area contributed by atoms with Crippen LogP contribution in [0, 0.1) is 24.4 Å². The highest BCUT2D eigenvalue weighted by Crippen LogP contribution is 2.36.